The van der Waals surface area contributed by atoms with E-state index in [4.69, 9.17) is 10.5 Å². The number of H-pyrrole nitrogens is 1. The maximum absolute atomic E-state index is 11.7. The summed E-state index contributed by atoms with van der Waals surface area (Å²) in [5.41, 5.74) is 8.24. The van der Waals surface area contributed by atoms with Gasteiger partial charge in [-0.25, -0.2) is 0 Å². The highest BCUT2D eigenvalue weighted by molar-refractivity contribution is 5.88. The second-order valence-corrected chi connectivity index (χ2v) is 4.36. The standard InChI is InChI=1S/C14H18N2O3/c1-19-14(18)11(8-17)13-10(6-7-15)9-4-2-3-5-12(9)16-13/h2-5,11,16-17H,6-8,15H2,1H3. The van der Waals surface area contributed by atoms with E-state index < -0.39 is 11.9 Å². The summed E-state index contributed by atoms with van der Waals surface area (Å²) >= 11 is 0. The van der Waals surface area contributed by atoms with E-state index in [0.29, 0.717) is 18.7 Å². The Hall–Kier alpha value is -1.85. The van der Waals surface area contributed by atoms with Gasteiger partial charge in [0.1, 0.15) is 5.92 Å². The molecule has 0 spiro atoms. The lowest BCUT2D eigenvalue weighted by Gasteiger charge is -2.12. The molecule has 0 saturated carbocycles. The number of aliphatic hydroxyl groups is 1. The average Bonchev–Trinajstić information content (AvgIpc) is 2.79. The number of methoxy groups -OCH3 is 1. The minimum Gasteiger partial charge on any atom is -0.468 e. The number of ether oxygens (including phenoxy) is 1. The van der Waals surface area contributed by atoms with Crippen LogP contribution in [0.3, 0.4) is 0 Å². The molecule has 0 aliphatic carbocycles. The number of fused-ring (bicyclic) bond motifs is 1. The first kappa shape index (κ1) is 13.6. The number of benzene rings is 1. The molecule has 2 aromatic rings. The molecule has 0 aliphatic rings. The lowest BCUT2D eigenvalue weighted by atomic mass is 9.99. The minimum atomic E-state index is -0.695. The number of aliphatic hydroxyl groups excluding tert-OH is 1. The SMILES string of the molecule is COC(=O)C(CO)c1[nH]c2ccccc2c1CCN. The molecular formula is C14H18N2O3. The smallest absolute Gasteiger partial charge is 0.317 e. The molecular weight excluding hydrogens is 244 g/mol. The second kappa shape index (κ2) is 5.86. The zero-order chi connectivity index (χ0) is 13.8. The van der Waals surface area contributed by atoms with Crippen molar-refractivity contribution in [2.75, 3.05) is 20.3 Å². The third-order valence-corrected chi connectivity index (χ3v) is 3.26. The zero-order valence-electron chi connectivity index (χ0n) is 10.8. The van der Waals surface area contributed by atoms with Gasteiger partial charge in [0, 0.05) is 16.6 Å². The number of rotatable bonds is 5. The monoisotopic (exact) mass is 262 g/mol. The van der Waals surface area contributed by atoms with E-state index in [-0.39, 0.29) is 6.61 Å². The molecule has 1 unspecified atom stereocenters. The lowest BCUT2D eigenvalue weighted by molar-refractivity contribution is -0.143. The van der Waals surface area contributed by atoms with Gasteiger partial charge in [0.2, 0.25) is 0 Å². The highest BCUT2D eigenvalue weighted by Crippen LogP contribution is 2.28. The quantitative estimate of drug-likeness (QED) is 0.699. The Bertz CT molecular complexity index is 577. The number of nitrogens with two attached hydrogens (primary N) is 1. The molecule has 5 heteroatoms. The highest BCUT2D eigenvalue weighted by atomic mass is 16.5. The Morgan fingerprint density at radius 2 is 2.21 bits per heavy atom. The number of carbonyl (C=O) groups is 1. The van der Waals surface area contributed by atoms with E-state index in [1.165, 1.54) is 7.11 Å². The summed E-state index contributed by atoms with van der Waals surface area (Å²) in [7, 11) is 1.32. The topological polar surface area (TPSA) is 88.3 Å². The van der Waals surface area contributed by atoms with Gasteiger partial charge in [-0.2, -0.15) is 0 Å². The van der Waals surface area contributed by atoms with Crippen LogP contribution in [0.5, 0.6) is 0 Å². The molecule has 0 bridgehead atoms. The Morgan fingerprint density at radius 1 is 1.47 bits per heavy atom. The number of aromatic amines is 1. The van der Waals surface area contributed by atoms with Crippen LogP contribution in [0.25, 0.3) is 10.9 Å². The fraction of sp³-hybridized carbons (Fsp3) is 0.357. The summed E-state index contributed by atoms with van der Waals surface area (Å²) in [6, 6.07) is 7.77. The maximum Gasteiger partial charge on any atom is 0.317 e. The third kappa shape index (κ3) is 2.47. The zero-order valence-corrected chi connectivity index (χ0v) is 10.8. The van der Waals surface area contributed by atoms with Gasteiger partial charge < -0.3 is 20.6 Å². The molecule has 1 aromatic carbocycles. The molecule has 0 fully saturated rings. The summed E-state index contributed by atoms with van der Waals surface area (Å²) < 4.78 is 4.74. The Balaban J connectivity index is 2.57. The van der Waals surface area contributed by atoms with Crippen LogP contribution in [-0.4, -0.2) is 36.3 Å². The van der Waals surface area contributed by atoms with Crippen LogP contribution < -0.4 is 5.73 Å². The van der Waals surface area contributed by atoms with Crippen molar-refractivity contribution in [2.24, 2.45) is 5.73 Å². The van der Waals surface area contributed by atoms with Crippen molar-refractivity contribution in [3.8, 4) is 0 Å². The van der Waals surface area contributed by atoms with E-state index in [9.17, 15) is 9.90 Å². The molecule has 0 saturated heterocycles. The first-order valence-electron chi connectivity index (χ1n) is 6.21. The Labute approximate surface area is 111 Å². The van der Waals surface area contributed by atoms with Gasteiger partial charge in [-0.3, -0.25) is 4.79 Å². The lowest BCUT2D eigenvalue weighted by Crippen LogP contribution is -2.20. The summed E-state index contributed by atoms with van der Waals surface area (Å²) in [5, 5.41) is 10.5. The van der Waals surface area contributed by atoms with Crippen LogP contribution in [0.2, 0.25) is 0 Å². The number of carbonyl (C=O) groups excluding carboxylic acids is 1. The molecule has 0 aliphatic heterocycles. The van der Waals surface area contributed by atoms with Crippen molar-refractivity contribution in [3.05, 3.63) is 35.5 Å². The number of esters is 1. The first-order chi connectivity index (χ1) is 9.22. The molecule has 102 valence electrons. The van der Waals surface area contributed by atoms with Crippen LogP contribution >= 0.6 is 0 Å². The van der Waals surface area contributed by atoms with Crippen molar-refractivity contribution in [1.29, 1.82) is 0 Å². The van der Waals surface area contributed by atoms with Crippen molar-refractivity contribution in [2.45, 2.75) is 12.3 Å². The van der Waals surface area contributed by atoms with Gasteiger partial charge in [0.05, 0.1) is 13.7 Å². The summed E-state index contributed by atoms with van der Waals surface area (Å²) in [6.07, 6.45) is 0.646. The Morgan fingerprint density at radius 3 is 2.84 bits per heavy atom. The van der Waals surface area contributed by atoms with E-state index in [0.717, 1.165) is 16.5 Å². The molecule has 0 radical (unpaired) electrons. The van der Waals surface area contributed by atoms with Crippen molar-refractivity contribution >= 4 is 16.9 Å². The fourth-order valence-corrected chi connectivity index (χ4v) is 2.36. The third-order valence-electron chi connectivity index (χ3n) is 3.26. The van der Waals surface area contributed by atoms with Crippen molar-refractivity contribution in [1.82, 2.24) is 4.98 Å². The predicted molar refractivity (Wildman–Crippen MR) is 72.9 cm³/mol. The van der Waals surface area contributed by atoms with Gasteiger partial charge >= 0.3 is 5.97 Å². The second-order valence-electron chi connectivity index (χ2n) is 4.36. The molecule has 19 heavy (non-hydrogen) atoms. The van der Waals surface area contributed by atoms with Crippen molar-refractivity contribution in [3.63, 3.8) is 0 Å². The van der Waals surface area contributed by atoms with Gasteiger partial charge in [-0.1, -0.05) is 18.2 Å². The molecule has 1 atom stereocenters. The van der Waals surface area contributed by atoms with Crippen LogP contribution in [0.15, 0.2) is 24.3 Å². The summed E-state index contributed by atoms with van der Waals surface area (Å²) in [4.78, 5) is 14.9. The van der Waals surface area contributed by atoms with Crippen LogP contribution in [0, 0.1) is 0 Å². The molecule has 5 nitrogen and oxygen atoms in total. The number of para-hydroxylation sites is 1. The number of aromatic nitrogens is 1. The van der Waals surface area contributed by atoms with Gasteiger partial charge in [-0.15, -0.1) is 0 Å². The number of nitrogens with one attached hydrogen (secondary N) is 1. The molecule has 2 rings (SSSR count). The number of hydrogen-bond donors (Lipinski definition) is 3. The normalized spacial score (nSPS) is 12.6. The molecule has 1 heterocycles. The minimum absolute atomic E-state index is 0.295. The predicted octanol–water partition coefficient (Wildman–Crippen LogP) is 0.918. The molecule has 4 N–H and O–H groups in total. The van der Waals surface area contributed by atoms with Gasteiger partial charge in [0.15, 0.2) is 0 Å². The van der Waals surface area contributed by atoms with Crippen LogP contribution in [0.4, 0.5) is 0 Å². The van der Waals surface area contributed by atoms with E-state index >= 15 is 0 Å². The van der Waals surface area contributed by atoms with E-state index in [1.54, 1.807) is 0 Å². The summed E-state index contributed by atoms with van der Waals surface area (Å²) in [5.74, 6) is -1.15. The summed E-state index contributed by atoms with van der Waals surface area (Å²) in [6.45, 7) is 0.186. The van der Waals surface area contributed by atoms with E-state index in [1.807, 2.05) is 24.3 Å². The average molecular weight is 262 g/mol. The highest BCUT2D eigenvalue weighted by Gasteiger charge is 2.26. The molecule has 1 aromatic heterocycles. The fourth-order valence-electron chi connectivity index (χ4n) is 2.36. The number of hydrogen-bond acceptors (Lipinski definition) is 4. The van der Waals surface area contributed by atoms with Gasteiger partial charge in [0.25, 0.3) is 0 Å². The largest absolute Gasteiger partial charge is 0.468 e. The van der Waals surface area contributed by atoms with Crippen LogP contribution in [0.1, 0.15) is 17.2 Å². The van der Waals surface area contributed by atoms with Crippen LogP contribution in [-0.2, 0) is 16.0 Å². The van der Waals surface area contributed by atoms with Crippen molar-refractivity contribution < 1.29 is 14.6 Å². The Kier molecular flexibility index (Phi) is 4.19. The maximum atomic E-state index is 11.7. The van der Waals surface area contributed by atoms with Gasteiger partial charge in [-0.05, 0) is 24.6 Å². The first-order valence-corrected chi connectivity index (χ1v) is 6.21. The molecule has 0 amide bonds. The van der Waals surface area contributed by atoms with E-state index in [2.05, 4.69) is 4.98 Å².